The van der Waals surface area contributed by atoms with Crippen molar-refractivity contribution in [3.05, 3.63) is 77.6 Å². The number of anilines is 1. The molecule has 0 bridgehead atoms. The average Bonchev–Trinajstić information content (AvgIpc) is 3.31. The highest BCUT2D eigenvalue weighted by atomic mass is 35.5. The number of hydrogen-bond acceptors (Lipinski definition) is 3. The van der Waals surface area contributed by atoms with Gasteiger partial charge in [-0.15, -0.1) is 0 Å². The number of rotatable bonds is 4. The molecule has 128 valence electrons. The van der Waals surface area contributed by atoms with Crippen molar-refractivity contribution >= 4 is 17.3 Å². The van der Waals surface area contributed by atoms with E-state index in [4.69, 9.17) is 21.1 Å². The van der Waals surface area contributed by atoms with Crippen LogP contribution < -0.4 is 9.64 Å². The molecule has 1 atom stereocenters. The van der Waals surface area contributed by atoms with Crippen molar-refractivity contribution in [2.75, 3.05) is 25.2 Å². The van der Waals surface area contributed by atoms with Crippen LogP contribution in [0.5, 0.6) is 5.75 Å². The first-order valence-corrected chi connectivity index (χ1v) is 8.58. The first kappa shape index (κ1) is 16.1. The molecule has 0 radical (unpaired) electrons. The third-order valence-corrected chi connectivity index (χ3v) is 4.65. The first-order chi connectivity index (χ1) is 12.2. The van der Waals surface area contributed by atoms with E-state index in [-0.39, 0.29) is 6.23 Å². The maximum absolute atomic E-state index is 6.00. The summed E-state index contributed by atoms with van der Waals surface area (Å²) in [7, 11) is 1.68. The van der Waals surface area contributed by atoms with E-state index in [2.05, 4.69) is 27.8 Å². The molecule has 3 aromatic rings. The Kier molecular flexibility index (Phi) is 4.38. The average molecular weight is 355 g/mol. The molecule has 25 heavy (non-hydrogen) atoms. The number of nitrogens with zero attached hydrogens (tertiary/aromatic N) is 2. The van der Waals surface area contributed by atoms with Gasteiger partial charge in [-0.2, -0.15) is 0 Å². The summed E-state index contributed by atoms with van der Waals surface area (Å²) in [6, 6.07) is 18.0. The van der Waals surface area contributed by atoms with Crippen LogP contribution in [0.4, 0.5) is 5.69 Å². The van der Waals surface area contributed by atoms with E-state index in [1.54, 1.807) is 7.11 Å². The number of hydrogen-bond donors (Lipinski definition) is 0. The molecule has 0 saturated carbocycles. The number of halogens is 1. The van der Waals surface area contributed by atoms with Crippen LogP contribution >= 0.6 is 11.6 Å². The van der Waals surface area contributed by atoms with Gasteiger partial charge in [0.2, 0.25) is 0 Å². The molecule has 0 N–H and O–H groups in total. The second-order valence-electron chi connectivity index (χ2n) is 5.95. The van der Waals surface area contributed by atoms with Gasteiger partial charge in [-0.3, -0.25) is 0 Å². The van der Waals surface area contributed by atoms with Crippen LogP contribution in [0.15, 0.2) is 67.0 Å². The number of methoxy groups -OCH3 is 1. The molecule has 0 amide bonds. The molecule has 1 saturated heterocycles. The van der Waals surface area contributed by atoms with Gasteiger partial charge in [0.15, 0.2) is 6.23 Å². The number of ether oxygens (including phenoxy) is 2. The van der Waals surface area contributed by atoms with Gasteiger partial charge in [0.25, 0.3) is 0 Å². The third kappa shape index (κ3) is 3.23. The Morgan fingerprint density at radius 3 is 2.72 bits per heavy atom. The van der Waals surface area contributed by atoms with Crippen molar-refractivity contribution in [2.45, 2.75) is 6.23 Å². The van der Waals surface area contributed by atoms with Crippen molar-refractivity contribution in [3.63, 3.8) is 0 Å². The zero-order valence-corrected chi connectivity index (χ0v) is 14.7. The Hall–Kier alpha value is -2.43. The monoisotopic (exact) mass is 354 g/mol. The standard InChI is InChI=1S/C20H19ClN2O2/c1-24-19-4-2-3-18(13-19)23-11-12-25-20(23)15-9-10-22(14-15)17-7-5-16(21)6-8-17/h2-10,13-14,20H,11-12H2,1H3. The van der Waals surface area contributed by atoms with E-state index < -0.39 is 0 Å². The van der Waals surface area contributed by atoms with Crippen LogP contribution in [0.2, 0.25) is 5.02 Å². The summed E-state index contributed by atoms with van der Waals surface area (Å²) in [4.78, 5) is 2.25. The molecule has 4 nitrogen and oxygen atoms in total. The lowest BCUT2D eigenvalue weighted by Crippen LogP contribution is -2.22. The van der Waals surface area contributed by atoms with Crippen molar-refractivity contribution in [1.29, 1.82) is 0 Å². The molecule has 1 aliphatic heterocycles. The maximum atomic E-state index is 6.00. The van der Waals surface area contributed by atoms with Crippen LogP contribution in [0.3, 0.4) is 0 Å². The minimum atomic E-state index is -0.0966. The summed E-state index contributed by atoms with van der Waals surface area (Å²) >= 11 is 5.97. The second kappa shape index (κ2) is 6.82. The van der Waals surface area contributed by atoms with Crippen LogP contribution in [0.25, 0.3) is 5.69 Å². The lowest BCUT2D eigenvalue weighted by atomic mass is 10.2. The molecule has 1 unspecified atom stereocenters. The Balaban J connectivity index is 1.61. The van der Waals surface area contributed by atoms with E-state index >= 15 is 0 Å². The van der Waals surface area contributed by atoms with Crippen molar-refractivity contribution < 1.29 is 9.47 Å². The van der Waals surface area contributed by atoms with E-state index in [9.17, 15) is 0 Å². The van der Waals surface area contributed by atoms with Gasteiger partial charge >= 0.3 is 0 Å². The fourth-order valence-corrected chi connectivity index (χ4v) is 3.26. The normalized spacial score (nSPS) is 17.0. The van der Waals surface area contributed by atoms with E-state index in [1.165, 1.54) is 0 Å². The number of aromatic nitrogens is 1. The molecule has 1 aromatic heterocycles. The largest absolute Gasteiger partial charge is 0.497 e. The van der Waals surface area contributed by atoms with Gasteiger partial charge in [0.05, 0.1) is 13.7 Å². The second-order valence-corrected chi connectivity index (χ2v) is 6.38. The highest BCUT2D eigenvalue weighted by Gasteiger charge is 2.28. The Morgan fingerprint density at radius 2 is 1.92 bits per heavy atom. The molecular formula is C20H19ClN2O2. The van der Waals surface area contributed by atoms with Crippen LogP contribution in [-0.4, -0.2) is 24.8 Å². The summed E-state index contributed by atoms with van der Waals surface area (Å²) in [6.45, 7) is 1.55. The SMILES string of the molecule is COc1cccc(N2CCOC2c2ccn(-c3ccc(Cl)cc3)c2)c1. The molecule has 1 fully saturated rings. The van der Waals surface area contributed by atoms with Crippen LogP contribution in [0, 0.1) is 0 Å². The topological polar surface area (TPSA) is 26.6 Å². The molecular weight excluding hydrogens is 336 g/mol. The van der Waals surface area contributed by atoms with Gasteiger partial charge in [0.1, 0.15) is 5.75 Å². The van der Waals surface area contributed by atoms with E-state index in [0.717, 1.165) is 34.3 Å². The van der Waals surface area contributed by atoms with Gasteiger partial charge in [-0.1, -0.05) is 17.7 Å². The fraction of sp³-hybridized carbons (Fsp3) is 0.200. The zero-order valence-electron chi connectivity index (χ0n) is 13.9. The quantitative estimate of drug-likeness (QED) is 0.681. The molecule has 0 aliphatic carbocycles. The molecule has 4 rings (SSSR count). The van der Waals surface area contributed by atoms with Gasteiger partial charge in [-0.05, 0) is 42.5 Å². The maximum Gasteiger partial charge on any atom is 0.158 e. The zero-order chi connectivity index (χ0) is 17.2. The smallest absolute Gasteiger partial charge is 0.158 e. The lowest BCUT2D eigenvalue weighted by molar-refractivity contribution is 0.114. The minimum Gasteiger partial charge on any atom is -0.497 e. The summed E-state index contributed by atoms with van der Waals surface area (Å²) in [5.41, 5.74) is 3.29. The molecule has 0 spiro atoms. The minimum absolute atomic E-state index is 0.0966. The Labute approximate surface area is 152 Å². The van der Waals surface area contributed by atoms with E-state index in [1.807, 2.05) is 48.7 Å². The van der Waals surface area contributed by atoms with Crippen molar-refractivity contribution in [1.82, 2.24) is 4.57 Å². The summed E-state index contributed by atoms with van der Waals surface area (Å²) < 4.78 is 13.4. The highest BCUT2D eigenvalue weighted by molar-refractivity contribution is 6.30. The lowest BCUT2D eigenvalue weighted by Gasteiger charge is -2.25. The van der Waals surface area contributed by atoms with Crippen molar-refractivity contribution in [3.8, 4) is 11.4 Å². The van der Waals surface area contributed by atoms with Gasteiger partial charge in [-0.25, -0.2) is 0 Å². The predicted molar refractivity (Wildman–Crippen MR) is 99.8 cm³/mol. The first-order valence-electron chi connectivity index (χ1n) is 8.21. The molecule has 2 aromatic carbocycles. The van der Waals surface area contributed by atoms with E-state index in [0.29, 0.717) is 6.61 Å². The Morgan fingerprint density at radius 1 is 1.08 bits per heavy atom. The predicted octanol–water partition coefficient (Wildman–Crippen LogP) is 4.67. The summed E-state index contributed by atoms with van der Waals surface area (Å²) in [6.07, 6.45) is 4.05. The summed E-state index contributed by atoms with van der Waals surface area (Å²) in [5.74, 6) is 0.849. The fourth-order valence-electron chi connectivity index (χ4n) is 3.13. The molecule has 5 heteroatoms. The van der Waals surface area contributed by atoms with Crippen molar-refractivity contribution in [2.24, 2.45) is 0 Å². The Bertz CT molecular complexity index is 860. The van der Waals surface area contributed by atoms with Crippen LogP contribution in [0.1, 0.15) is 11.8 Å². The summed E-state index contributed by atoms with van der Waals surface area (Å²) in [5, 5.41) is 0.736. The van der Waals surface area contributed by atoms with Gasteiger partial charge < -0.3 is 18.9 Å². The number of benzene rings is 2. The third-order valence-electron chi connectivity index (χ3n) is 4.40. The molecule has 2 heterocycles. The highest BCUT2D eigenvalue weighted by Crippen LogP contribution is 2.34. The molecule has 1 aliphatic rings. The van der Waals surface area contributed by atoms with Crippen LogP contribution in [-0.2, 0) is 4.74 Å². The van der Waals surface area contributed by atoms with Gasteiger partial charge in [0, 0.05) is 47.0 Å².